The Bertz CT molecular complexity index is 251. The topological polar surface area (TPSA) is 81.4 Å². The molecule has 0 rings (SSSR count). The molecule has 0 unspecified atom stereocenters. The molecule has 0 aromatic carbocycles. The van der Waals surface area contributed by atoms with E-state index >= 15 is 0 Å². The molecule has 0 aromatic rings. The molecular weight excluding hydrogens is 212 g/mol. The lowest BCUT2D eigenvalue weighted by molar-refractivity contribution is 0.163. The lowest BCUT2D eigenvalue weighted by Gasteiger charge is -2.05. The quantitative estimate of drug-likeness (QED) is 0.440. The molecule has 0 heterocycles. The van der Waals surface area contributed by atoms with E-state index in [2.05, 4.69) is 16.9 Å². The van der Waals surface area contributed by atoms with Crippen molar-refractivity contribution in [1.82, 2.24) is 4.72 Å². The summed E-state index contributed by atoms with van der Waals surface area (Å²) in [7, 11) is -3.29. The van der Waals surface area contributed by atoms with Gasteiger partial charge in [-0.25, -0.2) is 13.1 Å². The first-order valence-electron chi connectivity index (χ1n) is 3.81. The Kier molecular flexibility index (Phi) is 6.13. The summed E-state index contributed by atoms with van der Waals surface area (Å²) in [6.07, 6.45) is 0. The molecule has 0 saturated heterocycles. The molecule has 0 spiro atoms. The van der Waals surface area contributed by atoms with Crippen molar-refractivity contribution in [3.05, 3.63) is 0 Å². The summed E-state index contributed by atoms with van der Waals surface area (Å²) in [5.41, 5.74) is 5.13. The second-order valence-corrected chi connectivity index (χ2v) is 4.75. The second kappa shape index (κ2) is 6.25. The minimum atomic E-state index is -3.29. The molecule has 5 nitrogen and oxygen atoms in total. The number of hydrogen-bond acceptors (Lipinski definition) is 4. The summed E-state index contributed by atoms with van der Waals surface area (Å²) in [5, 5.41) is 0. The molecule has 0 saturated carbocycles. The van der Waals surface area contributed by atoms with Gasteiger partial charge in [0, 0.05) is 6.61 Å². The summed E-state index contributed by atoms with van der Waals surface area (Å²) in [6, 6.07) is 0. The summed E-state index contributed by atoms with van der Waals surface area (Å²) in [4.78, 5) is 0.125. The van der Waals surface area contributed by atoms with Gasteiger partial charge in [-0.05, 0) is 6.92 Å². The molecule has 13 heavy (non-hydrogen) atoms. The van der Waals surface area contributed by atoms with E-state index in [0.717, 1.165) is 0 Å². The van der Waals surface area contributed by atoms with Gasteiger partial charge >= 0.3 is 0 Å². The molecule has 78 valence electrons. The maximum absolute atomic E-state index is 11.1. The van der Waals surface area contributed by atoms with E-state index in [4.69, 9.17) is 10.5 Å². The van der Waals surface area contributed by atoms with Gasteiger partial charge in [0.25, 0.3) is 0 Å². The molecule has 0 aromatic heterocycles. The van der Waals surface area contributed by atoms with Crippen LogP contribution in [0.3, 0.4) is 0 Å². The lowest BCUT2D eigenvalue weighted by Crippen LogP contribution is -2.34. The number of nitrogens with two attached hydrogens (primary N) is 1. The van der Waals surface area contributed by atoms with Crippen molar-refractivity contribution >= 4 is 27.2 Å². The summed E-state index contributed by atoms with van der Waals surface area (Å²) in [6.45, 7) is 2.49. The van der Waals surface area contributed by atoms with Gasteiger partial charge in [0.05, 0.1) is 23.9 Å². The van der Waals surface area contributed by atoms with Crippen LogP contribution in [0.5, 0.6) is 0 Å². The molecule has 0 atom stereocenters. The van der Waals surface area contributed by atoms with Gasteiger partial charge in [0.2, 0.25) is 10.0 Å². The number of nitrogens with one attached hydrogen (secondary N) is 1. The molecule has 0 amide bonds. The van der Waals surface area contributed by atoms with Gasteiger partial charge in [0.15, 0.2) is 0 Å². The van der Waals surface area contributed by atoms with E-state index < -0.39 is 10.0 Å². The Morgan fingerprint density at radius 1 is 1.62 bits per heavy atom. The first kappa shape index (κ1) is 12.8. The molecule has 0 bridgehead atoms. The maximum Gasteiger partial charge on any atom is 0.214 e. The maximum atomic E-state index is 11.1. The Hall–Kier alpha value is -0.240. The number of rotatable bonds is 7. The normalized spacial score (nSPS) is 11.5. The monoisotopic (exact) mass is 226 g/mol. The molecule has 3 N–H and O–H groups in total. The zero-order valence-electron chi connectivity index (χ0n) is 7.45. The summed E-state index contributed by atoms with van der Waals surface area (Å²) >= 11 is 4.52. The average molecular weight is 226 g/mol. The van der Waals surface area contributed by atoms with Crippen molar-refractivity contribution in [3.63, 3.8) is 0 Å². The number of ether oxygens (including phenoxy) is 1. The van der Waals surface area contributed by atoms with Crippen molar-refractivity contribution in [2.75, 3.05) is 25.5 Å². The van der Waals surface area contributed by atoms with Crippen LogP contribution in [0.2, 0.25) is 0 Å². The number of sulfonamides is 1. The van der Waals surface area contributed by atoms with E-state index in [-0.39, 0.29) is 23.9 Å². The zero-order chi connectivity index (χ0) is 10.3. The Morgan fingerprint density at radius 2 is 2.23 bits per heavy atom. The predicted octanol–water partition coefficient (Wildman–Crippen LogP) is -0.772. The summed E-state index contributed by atoms with van der Waals surface area (Å²) < 4.78 is 29.3. The van der Waals surface area contributed by atoms with Crippen molar-refractivity contribution in [2.24, 2.45) is 5.73 Å². The van der Waals surface area contributed by atoms with Gasteiger partial charge < -0.3 is 10.5 Å². The van der Waals surface area contributed by atoms with Crippen LogP contribution in [0.25, 0.3) is 0 Å². The zero-order valence-corrected chi connectivity index (χ0v) is 9.08. The van der Waals surface area contributed by atoms with Crippen molar-refractivity contribution in [1.29, 1.82) is 0 Å². The first-order chi connectivity index (χ1) is 5.98. The lowest BCUT2D eigenvalue weighted by atomic mass is 10.7. The van der Waals surface area contributed by atoms with Crippen molar-refractivity contribution in [3.8, 4) is 0 Å². The third-order valence-corrected chi connectivity index (χ3v) is 2.60. The van der Waals surface area contributed by atoms with Crippen LogP contribution in [0, 0.1) is 0 Å². The van der Waals surface area contributed by atoms with Crippen molar-refractivity contribution < 1.29 is 13.2 Å². The third kappa shape index (κ3) is 8.10. The molecule has 0 fully saturated rings. The third-order valence-electron chi connectivity index (χ3n) is 1.17. The van der Waals surface area contributed by atoms with E-state index in [1.54, 1.807) is 6.92 Å². The fourth-order valence-corrected chi connectivity index (χ4v) is 1.59. The molecule has 0 radical (unpaired) electrons. The minimum absolute atomic E-state index is 0.00376. The van der Waals surface area contributed by atoms with Gasteiger partial charge in [-0.3, -0.25) is 0 Å². The molecular formula is C6H14N2O3S2. The fourth-order valence-electron chi connectivity index (χ4n) is 0.566. The van der Waals surface area contributed by atoms with E-state index in [0.29, 0.717) is 6.61 Å². The molecule has 0 aliphatic carbocycles. The second-order valence-electron chi connectivity index (χ2n) is 2.30. The van der Waals surface area contributed by atoms with Gasteiger partial charge in [0.1, 0.15) is 0 Å². The Balaban J connectivity index is 3.74. The van der Waals surface area contributed by atoms with E-state index in [1.807, 2.05) is 0 Å². The standard InChI is InChI=1S/C6H14N2O3S2/c1-2-11-3-4-13(9,10)8-5-6(7)12/h8H,2-5H2,1H3,(H2,7,12). The van der Waals surface area contributed by atoms with Crippen LogP contribution in [-0.4, -0.2) is 38.9 Å². The highest BCUT2D eigenvalue weighted by Crippen LogP contribution is 1.85. The van der Waals surface area contributed by atoms with Gasteiger partial charge in [-0.1, -0.05) is 12.2 Å². The van der Waals surface area contributed by atoms with Crippen LogP contribution >= 0.6 is 12.2 Å². The highest BCUT2D eigenvalue weighted by molar-refractivity contribution is 7.89. The summed E-state index contributed by atoms with van der Waals surface area (Å²) in [5.74, 6) is -0.0660. The number of thiocarbonyl (C=S) groups is 1. The van der Waals surface area contributed by atoms with Crippen LogP contribution < -0.4 is 10.5 Å². The van der Waals surface area contributed by atoms with Crippen LogP contribution in [0.4, 0.5) is 0 Å². The van der Waals surface area contributed by atoms with Crippen LogP contribution in [0.15, 0.2) is 0 Å². The van der Waals surface area contributed by atoms with E-state index in [1.165, 1.54) is 0 Å². The van der Waals surface area contributed by atoms with Gasteiger partial charge in [-0.2, -0.15) is 0 Å². The molecule has 0 aliphatic heterocycles. The fraction of sp³-hybridized carbons (Fsp3) is 0.833. The van der Waals surface area contributed by atoms with Crippen LogP contribution in [-0.2, 0) is 14.8 Å². The van der Waals surface area contributed by atoms with Gasteiger partial charge in [-0.15, -0.1) is 0 Å². The predicted molar refractivity (Wildman–Crippen MR) is 55.1 cm³/mol. The first-order valence-corrected chi connectivity index (χ1v) is 5.87. The molecule has 7 heteroatoms. The highest BCUT2D eigenvalue weighted by Gasteiger charge is 2.08. The Morgan fingerprint density at radius 3 is 2.69 bits per heavy atom. The average Bonchev–Trinajstić information content (AvgIpc) is 2.02. The largest absolute Gasteiger partial charge is 0.392 e. The highest BCUT2D eigenvalue weighted by atomic mass is 32.2. The van der Waals surface area contributed by atoms with Crippen molar-refractivity contribution in [2.45, 2.75) is 6.92 Å². The minimum Gasteiger partial charge on any atom is -0.392 e. The SMILES string of the molecule is CCOCCS(=O)(=O)NCC(N)=S. The smallest absolute Gasteiger partial charge is 0.214 e. The molecule has 0 aliphatic rings. The van der Waals surface area contributed by atoms with E-state index in [9.17, 15) is 8.42 Å². The Labute approximate surface area is 83.7 Å². The number of hydrogen-bond donors (Lipinski definition) is 2. The van der Waals surface area contributed by atoms with Crippen LogP contribution in [0.1, 0.15) is 6.92 Å².